The normalized spacial score (nSPS) is 14.9. The Kier molecular flexibility index (Phi) is 6.80. The summed E-state index contributed by atoms with van der Waals surface area (Å²) in [5.74, 6) is -1.10. The Morgan fingerprint density at radius 1 is 0.892 bits per heavy atom. The maximum Gasteiger partial charge on any atom is 0.314 e. The van der Waals surface area contributed by atoms with Crippen molar-refractivity contribution in [3.63, 3.8) is 0 Å². The van der Waals surface area contributed by atoms with Crippen LogP contribution in [0.1, 0.15) is 34.5 Å². The first-order valence-corrected chi connectivity index (χ1v) is 12.8. The summed E-state index contributed by atoms with van der Waals surface area (Å²) >= 11 is 12.6. The van der Waals surface area contributed by atoms with Gasteiger partial charge in [-0.2, -0.15) is 5.10 Å². The number of amides is 1. The van der Waals surface area contributed by atoms with E-state index >= 15 is 0 Å². The van der Waals surface area contributed by atoms with E-state index in [-0.39, 0.29) is 5.91 Å². The highest BCUT2D eigenvalue weighted by molar-refractivity contribution is 6.32. The molecular formula is C29H25Cl2N3O3. The predicted molar refractivity (Wildman–Crippen MR) is 145 cm³/mol. The molecule has 0 saturated carbocycles. The molecule has 1 fully saturated rings. The highest BCUT2D eigenvalue weighted by Gasteiger charge is 2.44. The van der Waals surface area contributed by atoms with Crippen molar-refractivity contribution in [2.75, 3.05) is 13.1 Å². The van der Waals surface area contributed by atoms with Gasteiger partial charge in [0.25, 0.3) is 5.91 Å². The monoisotopic (exact) mass is 533 g/mol. The summed E-state index contributed by atoms with van der Waals surface area (Å²) in [5, 5.41) is 16.0. The number of aliphatic carboxylic acids is 1. The first kappa shape index (κ1) is 25.1. The van der Waals surface area contributed by atoms with E-state index in [0.29, 0.717) is 52.9 Å². The van der Waals surface area contributed by atoms with Gasteiger partial charge in [0, 0.05) is 29.2 Å². The molecule has 0 radical (unpaired) electrons. The molecule has 1 N–H and O–H groups in total. The van der Waals surface area contributed by atoms with E-state index in [9.17, 15) is 14.7 Å². The summed E-state index contributed by atoms with van der Waals surface area (Å²) in [6.45, 7) is 2.50. The molecule has 0 unspecified atom stereocenters. The molecule has 188 valence electrons. The van der Waals surface area contributed by atoms with Gasteiger partial charge in [-0.1, -0.05) is 77.8 Å². The van der Waals surface area contributed by atoms with Crippen LogP contribution in [0.3, 0.4) is 0 Å². The van der Waals surface area contributed by atoms with Crippen molar-refractivity contribution in [2.45, 2.75) is 25.2 Å². The lowest BCUT2D eigenvalue weighted by molar-refractivity contribution is -0.145. The first-order valence-electron chi connectivity index (χ1n) is 12.0. The number of hydrogen-bond acceptors (Lipinski definition) is 3. The number of likely N-dealkylation sites (tertiary alicyclic amines) is 1. The van der Waals surface area contributed by atoms with Crippen molar-refractivity contribution in [3.8, 4) is 16.9 Å². The van der Waals surface area contributed by atoms with Crippen LogP contribution in [0, 0.1) is 6.92 Å². The summed E-state index contributed by atoms with van der Waals surface area (Å²) in [4.78, 5) is 27.8. The van der Waals surface area contributed by atoms with Crippen molar-refractivity contribution >= 4 is 35.1 Å². The molecule has 1 aromatic heterocycles. The van der Waals surface area contributed by atoms with Crippen molar-refractivity contribution in [2.24, 2.45) is 0 Å². The van der Waals surface area contributed by atoms with Gasteiger partial charge < -0.3 is 10.0 Å². The summed E-state index contributed by atoms with van der Waals surface area (Å²) in [6.07, 6.45) is 0.652. The molecule has 1 amide bonds. The maximum absolute atomic E-state index is 13.8. The van der Waals surface area contributed by atoms with Gasteiger partial charge in [0.2, 0.25) is 0 Å². The lowest BCUT2D eigenvalue weighted by Gasteiger charge is -2.39. The molecule has 1 saturated heterocycles. The minimum absolute atomic E-state index is 0.231. The van der Waals surface area contributed by atoms with E-state index in [0.717, 1.165) is 16.8 Å². The van der Waals surface area contributed by atoms with Crippen molar-refractivity contribution in [3.05, 3.63) is 106 Å². The number of carboxylic acids is 1. The quantitative estimate of drug-likeness (QED) is 0.321. The SMILES string of the molecule is Cc1c(C(=O)N2CCC(C(=O)O)(c3ccccc3)CC2)nn(-c2ccccc2Cl)c1-c1ccc(Cl)cc1. The summed E-state index contributed by atoms with van der Waals surface area (Å²) in [7, 11) is 0. The Hall–Kier alpha value is -3.61. The average molecular weight is 534 g/mol. The smallest absolute Gasteiger partial charge is 0.314 e. The number of benzene rings is 3. The molecule has 6 nitrogen and oxygen atoms in total. The zero-order valence-corrected chi connectivity index (χ0v) is 21.7. The summed E-state index contributed by atoms with van der Waals surface area (Å²) in [5.41, 5.74) is 3.02. The average Bonchev–Trinajstić information content (AvgIpc) is 3.26. The molecule has 0 atom stereocenters. The Labute approximate surface area is 225 Å². The lowest BCUT2D eigenvalue weighted by atomic mass is 9.73. The van der Waals surface area contributed by atoms with Crippen LogP contribution in [-0.4, -0.2) is 44.8 Å². The van der Waals surface area contributed by atoms with E-state index in [1.165, 1.54) is 0 Å². The first-order chi connectivity index (χ1) is 17.8. The molecule has 0 bridgehead atoms. The molecule has 4 aromatic rings. The molecule has 3 aromatic carbocycles. The molecule has 37 heavy (non-hydrogen) atoms. The molecule has 1 aliphatic rings. The van der Waals surface area contributed by atoms with Gasteiger partial charge in [-0.25, -0.2) is 4.68 Å². The fourth-order valence-corrected chi connectivity index (χ4v) is 5.41. The van der Waals surface area contributed by atoms with Crippen LogP contribution in [0.25, 0.3) is 16.9 Å². The Bertz CT molecular complexity index is 1460. The fraction of sp³-hybridized carbons (Fsp3) is 0.207. The number of para-hydroxylation sites is 1. The number of carbonyl (C=O) groups is 2. The van der Waals surface area contributed by atoms with E-state index < -0.39 is 11.4 Å². The molecule has 0 aliphatic carbocycles. The van der Waals surface area contributed by atoms with E-state index in [2.05, 4.69) is 0 Å². The molecule has 1 aliphatic heterocycles. The second-order valence-corrected chi connectivity index (χ2v) is 10.1. The van der Waals surface area contributed by atoms with Gasteiger partial charge in [-0.05, 0) is 49.6 Å². The zero-order valence-electron chi connectivity index (χ0n) is 20.2. The Balaban J connectivity index is 1.51. The van der Waals surface area contributed by atoms with Crippen LogP contribution in [0.15, 0.2) is 78.9 Å². The molecular weight excluding hydrogens is 509 g/mol. The van der Waals surface area contributed by atoms with Crippen LogP contribution in [0.2, 0.25) is 10.0 Å². The van der Waals surface area contributed by atoms with Crippen molar-refractivity contribution < 1.29 is 14.7 Å². The Morgan fingerprint density at radius 2 is 1.51 bits per heavy atom. The zero-order chi connectivity index (χ0) is 26.2. The fourth-order valence-electron chi connectivity index (χ4n) is 5.07. The number of halogens is 2. The number of hydrogen-bond donors (Lipinski definition) is 1. The molecule has 2 heterocycles. The van der Waals surface area contributed by atoms with E-state index in [4.69, 9.17) is 28.3 Å². The maximum atomic E-state index is 13.8. The largest absolute Gasteiger partial charge is 0.481 e. The van der Waals surface area contributed by atoms with Crippen molar-refractivity contribution in [1.29, 1.82) is 0 Å². The second-order valence-electron chi connectivity index (χ2n) is 9.24. The molecule has 0 spiro atoms. The Morgan fingerprint density at radius 3 is 2.14 bits per heavy atom. The predicted octanol–water partition coefficient (Wildman–Crippen LogP) is 6.41. The third-order valence-corrected chi connectivity index (χ3v) is 7.73. The van der Waals surface area contributed by atoms with Gasteiger partial charge in [-0.3, -0.25) is 9.59 Å². The minimum atomic E-state index is -1.02. The van der Waals surface area contributed by atoms with Gasteiger partial charge >= 0.3 is 5.97 Å². The van der Waals surface area contributed by atoms with Gasteiger partial charge in [-0.15, -0.1) is 0 Å². The van der Waals surface area contributed by atoms with E-state index in [1.54, 1.807) is 27.8 Å². The van der Waals surface area contributed by atoms with Crippen molar-refractivity contribution in [1.82, 2.24) is 14.7 Å². The number of aromatic nitrogens is 2. The number of nitrogens with zero attached hydrogens (tertiary/aromatic N) is 3. The molecule has 5 rings (SSSR count). The van der Waals surface area contributed by atoms with Crippen LogP contribution in [-0.2, 0) is 10.2 Å². The third-order valence-electron chi connectivity index (χ3n) is 7.16. The second kappa shape index (κ2) is 10.0. The summed E-state index contributed by atoms with van der Waals surface area (Å²) < 4.78 is 1.70. The standard InChI is InChI=1S/C29H25Cl2N3O3/c1-19-25(27(35)33-17-15-29(16-18-33,28(36)37)21-7-3-2-4-8-21)32-34(24-10-6-5-9-23(24)31)26(19)20-11-13-22(30)14-12-20/h2-14H,15-18H2,1H3,(H,36,37). The number of carbonyl (C=O) groups excluding carboxylic acids is 1. The van der Waals surface area contributed by atoms with Crippen LogP contribution >= 0.6 is 23.2 Å². The van der Waals surface area contributed by atoms with Gasteiger partial charge in [0.05, 0.1) is 21.8 Å². The lowest BCUT2D eigenvalue weighted by Crippen LogP contribution is -2.49. The van der Waals surface area contributed by atoms with Crippen LogP contribution in [0.4, 0.5) is 0 Å². The minimum Gasteiger partial charge on any atom is -0.481 e. The van der Waals surface area contributed by atoms with Gasteiger partial charge in [0.1, 0.15) is 0 Å². The molecule has 8 heteroatoms. The highest BCUT2D eigenvalue weighted by atomic mass is 35.5. The van der Waals surface area contributed by atoms with E-state index in [1.807, 2.05) is 67.6 Å². The number of rotatable bonds is 5. The number of piperidine rings is 1. The number of carboxylic acid groups (broad SMARTS) is 1. The highest BCUT2D eigenvalue weighted by Crippen LogP contribution is 2.37. The van der Waals surface area contributed by atoms with Gasteiger partial charge in [0.15, 0.2) is 5.69 Å². The topological polar surface area (TPSA) is 75.4 Å². The third kappa shape index (κ3) is 4.52. The van der Waals surface area contributed by atoms with Crippen LogP contribution in [0.5, 0.6) is 0 Å². The summed E-state index contributed by atoms with van der Waals surface area (Å²) in [6, 6.07) is 23.9. The van der Waals surface area contributed by atoms with Crippen LogP contribution < -0.4 is 0 Å².